The van der Waals surface area contributed by atoms with Crippen LogP contribution in [0, 0.1) is 0 Å². The number of benzene rings is 2. The van der Waals surface area contributed by atoms with Gasteiger partial charge in [0.1, 0.15) is 0 Å². The summed E-state index contributed by atoms with van der Waals surface area (Å²) < 4.78 is 26.3. The molecule has 0 bridgehead atoms. The van der Waals surface area contributed by atoms with E-state index in [1.54, 1.807) is 12.1 Å². The zero-order valence-corrected chi connectivity index (χ0v) is 16.3. The molecule has 2 aromatic rings. The van der Waals surface area contributed by atoms with Crippen LogP contribution >= 0.6 is 0 Å². The summed E-state index contributed by atoms with van der Waals surface area (Å²) in [5.74, 6) is 0.0132. The average molecular weight is 375 g/mol. The Labute approximate surface area is 156 Å². The van der Waals surface area contributed by atoms with Crippen molar-refractivity contribution in [3.05, 3.63) is 60.2 Å². The molecule has 140 valence electrons. The van der Waals surface area contributed by atoms with E-state index in [4.69, 9.17) is 0 Å². The van der Waals surface area contributed by atoms with E-state index in [1.165, 1.54) is 16.4 Å². The van der Waals surface area contributed by atoms with Gasteiger partial charge < -0.3 is 5.32 Å². The van der Waals surface area contributed by atoms with Gasteiger partial charge in [-0.15, -0.1) is 0 Å². The quantitative estimate of drug-likeness (QED) is 0.763. The fourth-order valence-electron chi connectivity index (χ4n) is 2.81. The first kappa shape index (κ1) is 20.1. The SMILES string of the molecule is CCN(CC)S(=O)(=O)c1ccc(NC(=O)C[C@@H](C)c2ccccc2)cc1. The van der Waals surface area contributed by atoms with E-state index in [-0.39, 0.29) is 16.7 Å². The van der Waals surface area contributed by atoms with Crippen LogP contribution in [0.3, 0.4) is 0 Å². The lowest BCUT2D eigenvalue weighted by atomic mass is 9.97. The summed E-state index contributed by atoms with van der Waals surface area (Å²) in [6.07, 6.45) is 0.365. The van der Waals surface area contributed by atoms with Crippen molar-refractivity contribution in [3.8, 4) is 0 Å². The molecule has 2 rings (SSSR count). The fraction of sp³-hybridized carbons (Fsp3) is 0.350. The molecule has 0 fully saturated rings. The van der Waals surface area contributed by atoms with Crippen molar-refractivity contribution in [2.75, 3.05) is 18.4 Å². The van der Waals surface area contributed by atoms with Crippen LogP contribution in [0.1, 0.15) is 38.7 Å². The normalized spacial score (nSPS) is 12.8. The number of rotatable bonds is 8. The molecule has 1 amide bonds. The number of nitrogens with one attached hydrogen (secondary N) is 1. The average Bonchev–Trinajstić information content (AvgIpc) is 2.63. The highest BCUT2D eigenvalue weighted by Crippen LogP contribution is 2.21. The van der Waals surface area contributed by atoms with Crippen molar-refractivity contribution in [1.29, 1.82) is 0 Å². The number of nitrogens with zero attached hydrogens (tertiary/aromatic N) is 1. The van der Waals surface area contributed by atoms with Gasteiger partial charge in [-0.3, -0.25) is 4.79 Å². The summed E-state index contributed by atoms with van der Waals surface area (Å²) >= 11 is 0. The van der Waals surface area contributed by atoms with Crippen molar-refractivity contribution >= 4 is 21.6 Å². The van der Waals surface area contributed by atoms with Gasteiger partial charge in [-0.1, -0.05) is 51.1 Å². The molecule has 6 heteroatoms. The molecule has 0 radical (unpaired) electrons. The van der Waals surface area contributed by atoms with Gasteiger partial charge in [-0.2, -0.15) is 4.31 Å². The second kappa shape index (κ2) is 8.96. The maximum Gasteiger partial charge on any atom is 0.243 e. The molecular weight excluding hydrogens is 348 g/mol. The lowest BCUT2D eigenvalue weighted by Crippen LogP contribution is -2.30. The molecule has 2 aromatic carbocycles. The summed E-state index contributed by atoms with van der Waals surface area (Å²) in [7, 11) is -3.48. The minimum Gasteiger partial charge on any atom is -0.326 e. The topological polar surface area (TPSA) is 66.5 Å². The van der Waals surface area contributed by atoms with Gasteiger partial charge in [0.15, 0.2) is 0 Å². The Hall–Kier alpha value is -2.18. The molecule has 0 aliphatic carbocycles. The predicted molar refractivity (Wildman–Crippen MR) is 105 cm³/mol. The van der Waals surface area contributed by atoms with E-state index in [2.05, 4.69) is 5.32 Å². The van der Waals surface area contributed by atoms with E-state index in [9.17, 15) is 13.2 Å². The molecule has 1 N–H and O–H groups in total. The van der Waals surface area contributed by atoms with E-state index in [1.807, 2.05) is 51.1 Å². The Morgan fingerprint density at radius 2 is 1.58 bits per heavy atom. The lowest BCUT2D eigenvalue weighted by Gasteiger charge is -2.18. The van der Waals surface area contributed by atoms with Crippen LogP contribution in [-0.2, 0) is 14.8 Å². The Morgan fingerprint density at radius 3 is 2.12 bits per heavy atom. The third kappa shape index (κ3) is 4.93. The van der Waals surface area contributed by atoms with Gasteiger partial charge in [0.2, 0.25) is 15.9 Å². The minimum atomic E-state index is -3.48. The first-order chi connectivity index (χ1) is 12.4. The van der Waals surface area contributed by atoms with Gasteiger partial charge in [0, 0.05) is 25.2 Å². The minimum absolute atomic E-state index is 0.0966. The number of carbonyl (C=O) groups excluding carboxylic acids is 1. The van der Waals surface area contributed by atoms with Crippen LogP contribution in [0.15, 0.2) is 59.5 Å². The monoisotopic (exact) mass is 374 g/mol. The highest BCUT2D eigenvalue weighted by atomic mass is 32.2. The summed E-state index contributed by atoms with van der Waals surface area (Å²) in [6, 6.07) is 16.2. The standard InChI is InChI=1S/C20H26N2O3S/c1-4-22(5-2)26(24,25)19-13-11-18(12-14-19)21-20(23)15-16(3)17-9-7-6-8-10-17/h6-14,16H,4-5,15H2,1-3H3,(H,21,23)/t16-/m1/s1. The maximum atomic E-state index is 12.5. The third-order valence-electron chi connectivity index (χ3n) is 4.34. The molecule has 0 aliphatic heterocycles. The van der Waals surface area contributed by atoms with Gasteiger partial charge >= 0.3 is 0 Å². The van der Waals surface area contributed by atoms with Gasteiger partial charge in [-0.05, 0) is 35.7 Å². The smallest absolute Gasteiger partial charge is 0.243 e. The molecule has 0 heterocycles. The van der Waals surface area contributed by atoms with Crippen molar-refractivity contribution in [2.45, 2.75) is 38.0 Å². The number of amides is 1. The Bertz CT molecular complexity index is 814. The molecule has 0 aliphatic rings. The summed E-state index contributed by atoms with van der Waals surface area (Å²) in [5.41, 5.74) is 1.71. The zero-order chi connectivity index (χ0) is 19.2. The van der Waals surface area contributed by atoms with E-state index in [0.717, 1.165) is 5.56 Å². The van der Waals surface area contributed by atoms with E-state index >= 15 is 0 Å². The molecule has 26 heavy (non-hydrogen) atoms. The second-order valence-corrected chi connectivity index (χ2v) is 8.12. The largest absolute Gasteiger partial charge is 0.326 e. The Balaban J connectivity index is 2.02. The molecule has 0 unspecified atom stereocenters. The van der Waals surface area contributed by atoms with Crippen molar-refractivity contribution in [1.82, 2.24) is 4.31 Å². The van der Waals surface area contributed by atoms with Crippen LogP contribution in [0.25, 0.3) is 0 Å². The van der Waals surface area contributed by atoms with Crippen LogP contribution in [0.5, 0.6) is 0 Å². The Morgan fingerprint density at radius 1 is 1.00 bits per heavy atom. The fourth-order valence-corrected chi connectivity index (χ4v) is 4.27. The van der Waals surface area contributed by atoms with Gasteiger partial charge in [0.25, 0.3) is 0 Å². The summed E-state index contributed by atoms with van der Waals surface area (Å²) in [5, 5.41) is 2.83. The number of sulfonamides is 1. The maximum absolute atomic E-state index is 12.5. The summed E-state index contributed by atoms with van der Waals surface area (Å²) in [6.45, 7) is 6.48. The molecule has 5 nitrogen and oxygen atoms in total. The number of hydrogen-bond donors (Lipinski definition) is 1. The number of anilines is 1. The zero-order valence-electron chi connectivity index (χ0n) is 15.5. The van der Waals surface area contributed by atoms with Crippen LogP contribution in [0.4, 0.5) is 5.69 Å². The molecule has 0 spiro atoms. The summed E-state index contributed by atoms with van der Waals surface area (Å²) in [4.78, 5) is 12.5. The number of hydrogen-bond acceptors (Lipinski definition) is 3. The van der Waals surface area contributed by atoms with Gasteiger partial charge in [0.05, 0.1) is 4.90 Å². The molecule has 1 atom stereocenters. The second-order valence-electron chi connectivity index (χ2n) is 6.18. The predicted octanol–water partition coefficient (Wildman–Crippen LogP) is 3.85. The first-order valence-electron chi connectivity index (χ1n) is 8.83. The molecule has 0 aromatic heterocycles. The third-order valence-corrected chi connectivity index (χ3v) is 6.41. The van der Waals surface area contributed by atoms with Crippen LogP contribution in [0.2, 0.25) is 0 Å². The molecule has 0 saturated carbocycles. The molecule has 0 saturated heterocycles. The number of carbonyl (C=O) groups is 1. The van der Waals surface area contributed by atoms with Gasteiger partial charge in [-0.25, -0.2) is 8.42 Å². The van der Waals surface area contributed by atoms with Crippen molar-refractivity contribution in [3.63, 3.8) is 0 Å². The molecular formula is C20H26N2O3S. The Kier molecular flexibility index (Phi) is 6.94. The van der Waals surface area contributed by atoms with Crippen LogP contribution in [-0.4, -0.2) is 31.7 Å². The van der Waals surface area contributed by atoms with E-state index in [0.29, 0.717) is 25.2 Å². The van der Waals surface area contributed by atoms with E-state index < -0.39 is 10.0 Å². The lowest BCUT2D eigenvalue weighted by molar-refractivity contribution is -0.116. The van der Waals surface area contributed by atoms with Crippen LogP contribution < -0.4 is 5.32 Å². The van der Waals surface area contributed by atoms with Crippen molar-refractivity contribution < 1.29 is 13.2 Å². The first-order valence-corrected chi connectivity index (χ1v) is 10.3. The highest BCUT2D eigenvalue weighted by Gasteiger charge is 2.21. The van der Waals surface area contributed by atoms with Crippen molar-refractivity contribution in [2.24, 2.45) is 0 Å². The highest BCUT2D eigenvalue weighted by molar-refractivity contribution is 7.89.